The number of benzene rings is 2. The first-order valence-corrected chi connectivity index (χ1v) is 10.6. The molecule has 144 valence electrons. The molecule has 3 rings (SSSR count). The molecular weight excluding hydrogens is 362 g/mol. The van der Waals surface area contributed by atoms with Gasteiger partial charge in [-0.25, -0.2) is 8.42 Å². The lowest BCUT2D eigenvalue weighted by atomic mass is 10.2. The van der Waals surface area contributed by atoms with Gasteiger partial charge in [0.1, 0.15) is 0 Å². The minimum absolute atomic E-state index is 0.160. The maximum absolute atomic E-state index is 12.6. The molecule has 1 saturated heterocycles. The van der Waals surface area contributed by atoms with Crippen molar-refractivity contribution in [3.05, 3.63) is 59.2 Å². The van der Waals surface area contributed by atoms with E-state index in [0.29, 0.717) is 29.4 Å². The standard InChI is InChI=1S/C20H25N3O3S/c1-14-5-6-15(2)19(12-14)27(25,26)23-17-9-7-16(8-10-17)20(24)22-13-18-4-3-11-21-18/h5-10,12,18,21,23H,3-4,11,13H2,1-2H3,(H,22,24). The fourth-order valence-electron chi connectivity index (χ4n) is 3.15. The number of anilines is 1. The van der Waals surface area contributed by atoms with E-state index >= 15 is 0 Å². The lowest BCUT2D eigenvalue weighted by molar-refractivity contribution is 0.0950. The van der Waals surface area contributed by atoms with Crippen LogP contribution >= 0.6 is 0 Å². The monoisotopic (exact) mass is 387 g/mol. The predicted octanol–water partition coefficient (Wildman–Crippen LogP) is 2.59. The van der Waals surface area contributed by atoms with Crippen molar-refractivity contribution in [3.63, 3.8) is 0 Å². The first-order chi connectivity index (χ1) is 12.8. The Morgan fingerprint density at radius 3 is 2.56 bits per heavy atom. The molecule has 2 aromatic rings. The number of aryl methyl sites for hydroxylation is 2. The smallest absolute Gasteiger partial charge is 0.262 e. The quantitative estimate of drug-likeness (QED) is 0.711. The van der Waals surface area contributed by atoms with Gasteiger partial charge in [0, 0.05) is 23.8 Å². The van der Waals surface area contributed by atoms with Gasteiger partial charge >= 0.3 is 0 Å². The van der Waals surface area contributed by atoms with E-state index in [1.54, 1.807) is 43.3 Å². The molecule has 2 aromatic carbocycles. The summed E-state index contributed by atoms with van der Waals surface area (Å²) in [6, 6.07) is 12.1. The lowest BCUT2D eigenvalue weighted by Gasteiger charge is -2.13. The zero-order chi connectivity index (χ0) is 19.4. The normalized spacial score (nSPS) is 16.9. The Balaban J connectivity index is 1.66. The average molecular weight is 388 g/mol. The Labute approximate surface area is 160 Å². The molecule has 0 aliphatic carbocycles. The summed E-state index contributed by atoms with van der Waals surface area (Å²) in [7, 11) is -3.68. The summed E-state index contributed by atoms with van der Waals surface area (Å²) in [6.45, 7) is 5.21. The van der Waals surface area contributed by atoms with Crippen molar-refractivity contribution in [1.29, 1.82) is 0 Å². The maximum Gasteiger partial charge on any atom is 0.262 e. The highest BCUT2D eigenvalue weighted by atomic mass is 32.2. The van der Waals surface area contributed by atoms with Crippen LogP contribution in [0.3, 0.4) is 0 Å². The van der Waals surface area contributed by atoms with Gasteiger partial charge in [-0.2, -0.15) is 0 Å². The van der Waals surface area contributed by atoms with Gasteiger partial charge in [-0.1, -0.05) is 12.1 Å². The number of carbonyl (C=O) groups is 1. The largest absolute Gasteiger partial charge is 0.350 e. The van der Waals surface area contributed by atoms with Crippen LogP contribution in [-0.4, -0.2) is 33.5 Å². The molecule has 1 unspecified atom stereocenters. The van der Waals surface area contributed by atoms with Gasteiger partial charge in [-0.15, -0.1) is 0 Å². The molecular formula is C20H25N3O3S. The lowest BCUT2D eigenvalue weighted by Crippen LogP contribution is -2.37. The molecule has 3 N–H and O–H groups in total. The van der Waals surface area contributed by atoms with Crippen LogP contribution in [0.2, 0.25) is 0 Å². The Morgan fingerprint density at radius 2 is 1.89 bits per heavy atom. The summed E-state index contributed by atoms with van der Waals surface area (Å²) in [5.74, 6) is -0.160. The van der Waals surface area contributed by atoms with E-state index in [1.165, 1.54) is 0 Å². The number of hydrogen-bond donors (Lipinski definition) is 3. The molecule has 1 fully saturated rings. The third-order valence-electron chi connectivity index (χ3n) is 4.70. The van der Waals surface area contributed by atoms with Gasteiger partial charge in [0.25, 0.3) is 15.9 Å². The van der Waals surface area contributed by atoms with Gasteiger partial charge < -0.3 is 10.6 Å². The van der Waals surface area contributed by atoms with Gasteiger partial charge in [0.2, 0.25) is 0 Å². The van der Waals surface area contributed by atoms with Crippen LogP contribution in [0.5, 0.6) is 0 Å². The fraction of sp³-hybridized carbons (Fsp3) is 0.350. The maximum atomic E-state index is 12.6. The van der Waals surface area contributed by atoms with E-state index in [1.807, 2.05) is 13.0 Å². The molecule has 1 amide bonds. The number of sulfonamides is 1. The first kappa shape index (κ1) is 19.4. The molecule has 1 aliphatic heterocycles. The topological polar surface area (TPSA) is 87.3 Å². The van der Waals surface area contributed by atoms with Crippen LogP contribution in [-0.2, 0) is 10.0 Å². The molecule has 1 atom stereocenters. The third kappa shape index (κ3) is 4.87. The van der Waals surface area contributed by atoms with Crippen molar-refractivity contribution in [2.75, 3.05) is 17.8 Å². The van der Waals surface area contributed by atoms with E-state index in [2.05, 4.69) is 15.4 Å². The van der Waals surface area contributed by atoms with E-state index in [4.69, 9.17) is 0 Å². The second-order valence-electron chi connectivity index (χ2n) is 6.96. The SMILES string of the molecule is Cc1ccc(C)c(S(=O)(=O)Nc2ccc(C(=O)NCC3CCCN3)cc2)c1. The first-order valence-electron chi connectivity index (χ1n) is 9.07. The fourth-order valence-corrected chi connectivity index (χ4v) is 4.53. The Hall–Kier alpha value is -2.38. The summed E-state index contributed by atoms with van der Waals surface area (Å²) >= 11 is 0. The summed E-state index contributed by atoms with van der Waals surface area (Å²) in [5, 5.41) is 6.24. The van der Waals surface area contributed by atoms with Crippen molar-refractivity contribution in [2.24, 2.45) is 0 Å². The molecule has 6 nitrogen and oxygen atoms in total. The van der Waals surface area contributed by atoms with Crippen LogP contribution < -0.4 is 15.4 Å². The van der Waals surface area contributed by atoms with E-state index in [9.17, 15) is 13.2 Å². The van der Waals surface area contributed by atoms with Crippen LogP contribution in [0.25, 0.3) is 0 Å². The van der Waals surface area contributed by atoms with Crippen molar-refractivity contribution in [3.8, 4) is 0 Å². The average Bonchev–Trinajstić information content (AvgIpc) is 3.15. The predicted molar refractivity (Wildman–Crippen MR) is 107 cm³/mol. The number of carbonyl (C=O) groups excluding carboxylic acids is 1. The molecule has 27 heavy (non-hydrogen) atoms. The number of nitrogens with one attached hydrogen (secondary N) is 3. The van der Waals surface area contributed by atoms with Crippen LogP contribution in [0.4, 0.5) is 5.69 Å². The zero-order valence-corrected chi connectivity index (χ0v) is 16.4. The van der Waals surface area contributed by atoms with Crippen molar-refractivity contribution >= 4 is 21.6 Å². The Bertz CT molecular complexity index is 918. The van der Waals surface area contributed by atoms with Gasteiger partial charge in [-0.05, 0) is 74.7 Å². The Kier molecular flexibility index (Phi) is 5.82. The number of amides is 1. The highest BCUT2D eigenvalue weighted by Crippen LogP contribution is 2.21. The minimum Gasteiger partial charge on any atom is -0.350 e. The molecule has 0 spiro atoms. The van der Waals surface area contributed by atoms with Crippen molar-refractivity contribution in [1.82, 2.24) is 10.6 Å². The summed E-state index contributed by atoms with van der Waals surface area (Å²) in [4.78, 5) is 12.5. The van der Waals surface area contributed by atoms with Gasteiger partial charge in [-0.3, -0.25) is 9.52 Å². The highest BCUT2D eigenvalue weighted by molar-refractivity contribution is 7.92. The van der Waals surface area contributed by atoms with Crippen LogP contribution in [0.15, 0.2) is 47.4 Å². The minimum atomic E-state index is -3.68. The third-order valence-corrected chi connectivity index (χ3v) is 6.23. The van der Waals surface area contributed by atoms with E-state index in [-0.39, 0.29) is 10.8 Å². The van der Waals surface area contributed by atoms with E-state index < -0.39 is 10.0 Å². The van der Waals surface area contributed by atoms with Crippen molar-refractivity contribution < 1.29 is 13.2 Å². The molecule has 7 heteroatoms. The number of rotatable bonds is 6. The molecule has 0 aromatic heterocycles. The molecule has 0 saturated carbocycles. The summed E-state index contributed by atoms with van der Waals surface area (Å²) in [5.41, 5.74) is 2.49. The van der Waals surface area contributed by atoms with Gasteiger partial charge in [0.15, 0.2) is 0 Å². The van der Waals surface area contributed by atoms with Gasteiger partial charge in [0.05, 0.1) is 4.90 Å². The number of hydrogen-bond acceptors (Lipinski definition) is 4. The van der Waals surface area contributed by atoms with Crippen molar-refractivity contribution in [2.45, 2.75) is 37.6 Å². The summed E-state index contributed by atoms with van der Waals surface area (Å²) < 4.78 is 27.9. The highest BCUT2D eigenvalue weighted by Gasteiger charge is 2.18. The molecule has 1 heterocycles. The second-order valence-corrected chi connectivity index (χ2v) is 8.61. The molecule has 0 radical (unpaired) electrons. The van der Waals surface area contributed by atoms with Crippen LogP contribution in [0, 0.1) is 13.8 Å². The molecule has 1 aliphatic rings. The molecule has 0 bridgehead atoms. The van der Waals surface area contributed by atoms with Crippen LogP contribution in [0.1, 0.15) is 34.3 Å². The second kappa shape index (κ2) is 8.10. The summed E-state index contributed by atoms with van der Waals surface area (Å²) in [6.07, 6.45) is 2.20. The zero-order valence-electron chi connectivity index (χ0n) is 15.6. The Morgan fingerprint density at radius 1 is 1.15 bits per heavy atom. The van der Waals surface area contributed by atoms with E-state index in [0.717, 1.165) is 24.9 Å².